The Morgan fingerprint density at radius 1 is 1.22 bits per heavy atom. The van der Waals surface area contributed by atoms with Crippen molar-refractivity contribution >= 4 is 0 Å². The van der Waals surface area contributed by atoms with E-state index in [9.17, 15) is 5.11 Å². The molecule has 102 valence electrons. The standard InChI is InChI=1S/C15H26N2O/c1-9-7-11(3)16-13(5)15(9)14(6)17-12(4)10(2)8-18/h7,10,12,14,17-18H,8H2,1-6H3. The molecular formula is C15H26N2O. The van der Waals surface area contributed by atoms with Crippen molar-refractivity contribution < 1.29 is 5.11 Å². The van der Waals surface area contributed by atoms with Gasteiger partial charge in [0.25, 0.3) is 0 Å². The van der Waals surface area contributed by atoms with Gasteiger partial charge < -0.3 is 10.4 Å². The van der Waals surface area contributed by atoms with Gasteiger partial charge in [0.15, 0.2) is 0 Å². The van der Waals surface area contributed by atoms with Crippen molar-refractivity contribution in [3.8, 4) is 0 Å². The molecule has 0 radical (unpaired) electrons. The van der Waals surface area contributed by atoms with E-state index in [0.29, 0.717) is 0 Å². The molecule has 1 aromatic rings. The third-order valence-corrected chi connectivity index (χ3v) is 3.67. The van der Waals surface area contributed by atoms with Gasteiger partial charge in [-0.2, -0.15) is 0 Å². The summed E-state index contributed by atoms with van der Waals surface area (Å²) in [5.74, 6) is 0.256. The minimum atomic E-state index is 0.213. The number of aliphatic hydroxyl groups is 1. The van der Waals surface area contributed by atoms with Crippen LogP contribution in [0.3, 0.4) is 0 Å². The van der Waals surface area contributed by atoms with Gasteiger partial charge in [0.2, 0.25) is 0 Å². The zero-order valence-corrected chi connectivity index (χ0v) is 12.4. The number of aryl methyl sites for hydroxylation is 3. The van der Waals surface area contributed by atoms with E-state index in [-0.39, 0.29) is 24.6 Å². The second kappa shape index (κ2) is 6.30. The van der Waals surface area contributed by atoms with Gasteiger partial charge >= 0.3 is 0 Å². The highest BCUT2D eigenvalue weighted by Gasteiger charge is 2.18. The van der Waals surface area contributed by atoms with Crippen LogP contribution in [0.1, 0.15) is 49.3 Å². The van der Waals surface area contributed by atoms with Crippen LogP contribution in [-0.4, -0.2) is 22.7 Å². The van der Waals surface area contributed by atoms with Gasteiger partial charge in [-0.1, -0.05) is 6.92 Å². The third-order valence-electron chi connectivity index (χ3n) is 3.67. The van der Waals surface area contributed by atoms with Gasteiger partial charge in [-0.15, -0.1) is 0 Å². The Bertz CT molecular complexity index is 380. The first-order valence-electron chi connectivity index (χ1n) is 6.68. The molecule has 0 saturated heterocycles. The summed E-state index contributed by atoms with van der Waals surface area (Å²) in [5, 5.41) is 12.7. The zero-order valence-electron chi connectivity index (χ0n) is 12.4. The molecule has 0 saturated carbocycles. The van der Waals surface area contributed by atoms with Gasteiger partial charge in [0, 0.05) is 30.1 Å². The topological polar surface area (TPSA) is 45.1 Å². The molecule has 0 aliphatic rings. The molecular weight excluding hydrogens is 224 g/mol. The summed E-state index contributed by atoms with van der Waals surface area (Å²) in [5.41, 5.74) is 4.72. The summed E-state index contributed by atoms with van der Waals surface area (Å²) < 4.78 is 0. The Kier molecular flexibility index (Phi) is 5.29. The Labute approximate surface area is 111 Å². The monoisotopic (exact) mass is 250 g/mol. The van der Waals surface area contributed by atoms with Crippen LogP contribution in [0.2, 0.25) is 0 Å². The van der Waals surface area contributed by atoms with Gasteiger partial charge in [-0.05, 0) is 57.7 Å². The zero-order chi connectivity index (χ0) is 13.9. The Hall–Kier alpha value is -0.930. The van der Waals surface area contributed by atoms with Crippen molar-refractivity contribution in [2.75, 3.05) is 6.61 Å². The minimum Gasteiger partial charge on any atom is -0.396 e. The second-order valence-corrected chi connectivity index (χ2v) is 5.42. The lowest BCUT2D eigenvalue weighted by molar-refractivity contribution is 0.202. The number of hydrogen-bond donors (Lipinski definition) is 2. The van der Waals surface area contributed by atoms with Crippen LogP contribution >= 0.6 is 0 Å². The van der Waals surface area contributed by atoms with Crippen molar-refractivity contribution in [1.29, 1.82) is 0 Å². The van der Waals surface area contributed by atoms with Crippen LogP contribution < -0.4 is 5.32 Å². The summed E-state index contributed by atoms with van der Waals surface area (Å²) in [7, 11) is 0. The molecule has 0 aliphatic carbocycles. The number of aromatic nitrogens is 1. The van der Waals surface area contributed by atoms with Crippen molar-refractivity contribution in [3.05, 3.63) is 28.6 Å². The highest BCUT2D eigenvalue weighted by molar-refractivity contribution is 5.33. The van der Waals surface area contributed by atoms with Crippen LogP contribution in [-0.2, 0) is 0 Å². The maximum atomic E-state index is 9.18. The lowest BCUT2D eigenvalue weighted by atomic mass is 9.97. The highest BCUT2D eigenvalue weighted by atomic mass is 16.3. The first-order chi connectivity index (χ1) is 8.36. The van der Waals surface area contributed by atoms with Crippen LogP contribution in [0, 0.1) is 26.7 Å². The largest absolute Gasteiger partial charge is 0.396 e. The predicted molar refractivity (Wildman–Crippen MR) is 75.7 cm³/mol. The summed E-state index contributed by atoms with van der Waals surface area (Å²) >= 11 is 0. The molecule has 0 amide bonds. The van der Waals surface area contributed by atoms with Crippen LogP contribution in [0.4, 0.5) is 0 Å². The summed E-state index contributed by atoms with van der Waals surface area (Å²) in [6, 6.07) is 2.66. The van der Waals surface area contributed by atoms with Crippen LogP contribution in [0.15, 0.2) is 6.07 Å². The molecule has 3 unspecified atom stereocenters. The van der Waals surface area contributed by atoms with Gasteiger partial charge in [-0.3, -0.25) is 4.98 Å². The molecule has 3 atom stereocenters. The molecule has 1 aromatic heterocycles. The number of rotatable bonds is 5. The van der Waals surface area contributed by atoms with Crippen LogP contribution in [0.25, 0.3) is 0 Å². The molecule has 0 bridgehead atoms. The number of aliphatic hydroxyl groups excluding tert-OH is 1. The molecule has 0 fully saturated rings. The average molecular weight is 250 g/mol. The van der Waals surface area contributed by atoms with E-state index in [1.807, 2.05) is 6.92 Å². The normalized spacial score (nSPS) is 16.4. The van der Waals surface area contributed by atoms with Crippen molar-refractivity contribution in [1.82, 2.24) is 10.3 Å². The van der Waals surface area contributed by atoms with E-state index in [4.69, 9.17) is 0 Å². The molecule has 1 rings (SSSR count). The molecule has 1 heterocycles. The molecule has 0 spiro atoms. The highest BCUT2D eigenvalue weighted by Crippen LogP contribution is 2.22. The Morgan fingerprint density at radius 3 is 2.33 bits per heavy atom. The van der Waals surface area contributed by atoms with Gasteiger partial charge in [0.05, 0.1) is 0 Å². The smallest absolute Gasteiger partial charge is 0.0471 e. The van der Waals surface area contributed by atoms with E-state index in [2.05, 4.69) is 51.0 Å². The number of nitrogens with one attached hydrogen (secondary N) is 1. The fourth-order valence-corrected chi connectivity index (χ4v) is 2.49. The summed E-state index contributed by atoms with van der Waals surface area (Å²) in [4.78, 5) is 4.54. The fourth-order valence-electron chi connectivity index (χ4n) is 2.49. The van der Waals surface area contributed by atoms with E-state index >= 15 is 0 Å². The van der Waals surface area contributed by atoms with Crippen molar-refractivity contribution in [2.24, 2.45) is 5.92 Å². The number of hydrogen-bond acceptors (Lipinski definition) is 3. The molecule has 0 aliphatic heterocycles. The quantitative estimate of drug-likeness (QED) is 0.844. The Morgan fingerprint density at radius 2 is 1.83 bits per heavy atom. The average Bonchev–Trinajstić information content (AvgIpc) is 2.26. The van der Waals surface area contributed by atoms with E-state index in [0.717, 1.165) is 11.4 Å². The fraction of sp³-hybridized carbons (Fsp3) is 0.667. The molecule has 0 aromatic carbocycles. The second-order valence-electron chi connectivity index (χ2n) is 5.42. The maximum Gasteiger partial charge on any atom is 0.0471 e. The number of nitrogens with zero attached hydrogens (tertiary/aromatic N) is 1. The van der Waals surface area contributed by atoms with Crippen LogP contribution in [0.5, 0.6) is 0 Å². The predicted octanol–water partition coefficient (Wildman–Crippen LogP) is 2.67. The van der Waals surface area contributed by atoms with E-state index in [1.165, 1.54) is 11.1 Å². The lowest BCUT2D eigenvalue weighted by Crippen LogP contribution is -2.36. The first kappa shape index (κ1) is 15.1. The lowest BCUT2D eigenvalue weighted by Gasteiger charge is -2.26. The number of pyridine rings is 1. The third kappa shape index (κ3) is 3.53. The van der Waals surface area contributed by atoms with Crippen molar-refractivity contribution in [2.45, 2.75) is 53.6 Å². The summed E-state index contributed by atoms with van der Waals surface area (Å²) in [6.45, 7) is 12.8. The summed E-state index contributed by atoms with van der Waals surface area (Å²) in [6.07, 6.45) is 0. The Balaban J connectivity index is 2.88. The molecule has 18 heavy (non-hydrogen) atoms. The molecule has 2 N–H and O–H groups in total. The van der Waals surface area contributed by atoms with E-state index in [1.54, 1.807) is 0 Å². The first-order valence-corrected chi connectivity index (χ1v) is 6.68. The SMILES string of the molecule is Cc1cc(C)c(C(C)NC(C)C(C)CO)c(C)n1. The van der Waals surface area contributed by atoms with Gasteiger partial charge in [0.1, 0.15) is 0 Å². The molecule has 3 nitrogen and oxygen atoms in total. The molecule has 3 heteroatoms. The maximum absolute atomic E-state index is 9.18. The van der Waals surface area contributed by atoms with Crippen molar-refractivity contribution in [3.63, 3.8) is 0 Å². The van der Waals surface area contributed by atoms with E-state index < -0.39 is 0 Å². The minimum absolute atomic E-state index is 0.213. The van der Waals surface area contributed by atoms with Gasteiger partial charge in [-0.25, -0.2) is 0 Å².